The van der Waals surface area contributed by atoms with E-state index in [2.05, 4.69) is 9.97 Å². The number of ketones is 1. The highest BCUT2D eigenvalue weighted by molar-refractivity contribution is 5.86. The summed E-state index contributed by atoms with van der Waals surface area (Å²) < 4.78 is 0. The van der Waals surface area contributed by atoms with Gasteiger partial charge in [-0.1, -0.05) is 30.3 Å². The molecule has 1 aromatic carbocycles. The molecule has 0 bridgehead atoms. The van der Waals surface area contributed by atoms with Crippen molar-refractivity contribution in [3.63, 3.8) is 0 Å². The van der Waals surface area contributed by atoms with E-state index in [1.165, 1.54) is 0 Å². The lowest BCUT2D eigenvalue weighted by Gasteiger charge is -2.09. The van der Waals surface area contributed by atoms with E-state index < -0.39 is 6.04 Å². The molecule has 3 N–H and O–H groups in total. The molecule has 17 heavy (non-hydrogen) atoms. The summed E-state index contributed by atoms with van der Waals surface area (Å²) in [5, 5.41) is 0. The van der Waals surface area contributed by atoms with Crippen LogP contribution in [0.2, 0.25) is 0 Å². The first-order valence-electron chi connectivity index (χ1n) is 5.55. The average Bonchev–Trinajstić information content (AvgIpc) is 2.83. The summed E-state index contributed by atoms with van der Waals surface area (Å²) in [6, 6.07) is 9.15. The van der Waals surface area contributed by atoms with Gasteiger partial charge in [0.15, 0.2) is 5.78 Å². The fourth-order valence-electron chi connectivity index (χ4n) is 1.68. The maximum absolute atomic E-state index is 11.9. The van der Waals surface area contributed by atoms with Crippen molar-refractivity contribution in [3.05, 3.63) is 54.1 Å². The van der Waals surface area contributed by atoms with Crippen molar-refractivity contribution in [2.45, 2.75) is 18.9 Å². The van der Waals surface area contributed by atoms with Gasteiger partial charge in [0.2, 0.25) is 0 Å². The Kier molecular flexibility index (Phi) is 3.67. The molecule has 0 saturated heterocycles. The van der Waals surface area contributed by atoms with Crippen LogP contribution in [0.3, 0.4) is 0 Å². The van der Waals surface area contributed by atoms with Crippen molar-refractivity contribution in [3.8, 4) is 0 Å². The number of rotatable bonds is 5. The van der Waals surface area contributed by atoms with Crippen molar-refractivity contribution in [2.75, 3.05) is 0 Å². The molecule has 2 aromatic rings. The zero-order valence-corrected chi connectivity index (χ0v) is 9.47. The molecule has 0 spiro atoms. The van der Waals surface area contributed by atoms with Crippen molar-refractivity contribution in [1.82, 2.24) is 9.97 Å². The van der Waals surface area contributed by atoms with E-state index in [0.717, 1.165) is 11.3 Å². The lowest BCUT2D eigenvalue weighted by molar-refractivity contribution is -0.119. The van der Waals surface area contributed by atoms with Gasteiger partial charge in [-0.3, -0.25) is 4.79 Å². The summed E-state index contributed by atoms with van der Waals surface area (Å²) in [4.78, 5) is 18.7. The Morgan fingerprint density at radius 3 is 2.76 bits per heavy atom. The van der Waals surface area contributed by atoms with Crippen LogP contribution < -0.4 is 5.73 Å². The molecule has 2 rings (SSSR count). The Labute approximate surface area is 99.9 Å². The van der Waals surface area contributed by atoms with Crippen molar-refractivity contribution in [2.24, 2.45) is 5.73 Å². The maximum atomic E-state index is 11.9. The fraction of sp³-hybridized carbons (Fsp3) is 0.231. The molecule has 1 atom stereocenters. The van der Waals surface area contributed by atoms with E-state index >= 15 is 0 Å². The largest absolute Gasteiger partial charge is 0.348 e. The minimum absolute atomic E-state index is 0.0470. The quantitative estimate of drug-likeness (QED) is 0.806. The molecule has 0 saturated carbocycles. The molecule has 0 unspecified atom stereocenters. The summed E-state index contributed by atoms with van der Waals surface area (Å²) in [6.07, 6.45) is 4.17. The lowest BCUT2D eigenvalue weighted by Crippen LogP contribution is -2.34. The number of nitrogens with two attached hydrogens (primary N) is 1. The molecule has 0 aliphatic carbocycles. The van der Waals surface area contributed by atoms with Gasteiger partial charge >= 0.3 is 0 Å². The van der Waals surface area contributed by atoms with Gasteiger partial charge in [-0.2, -0.15) is 0 Å². The number of hydrogen-bond acceptors (Lipinski definition) is 3. The highest BCUT2D eigenvalue weighted by atomic mass is 16.1. The van der Waals surface area contributed by atoms with Gasteiger partial charge in [-0.05, 0) is 5.56 Å². The monoisotopic (exact) mass is 229 g/mol. The van der Waals surface area contributed by atoms with Crippen LogP contribution in [0, 0.1) is 0 Å². The van der Waals surface area contributed by atoms with Crippen LogP contribution in [0.25, 0.3) is 0 Å². The molecule has 0 aliphatic rings. The first-order chi connectivity index (χ1) is 8.25. The Hall–Kier alpha value is -1.94. The van der Waals surface area contributed by atoms with Gasteiger partial charge in [-0.25, -0.2) is 4.98 Å². The van der Waals surface area contributed by atoms with Crippen molar-refractivity contribution >= 4 is 5.78 Å². The highest BCUT2D eigenvalue weighted by Gasteiger charge is 2.14. The van der Waals surface area contributed by atoms with Crippen LogP contribution in [-0.4, -0.2) is 21.8 Å². The number of Topliss-reactive ketones (excluding diaryl/α,β-unsaturated/α-hetero) is 1. The normalized spacial score (nSPS) is 12.3. The number of hydrogen-bond donors (Lipinski definition) is 2. The molecule has 0 aliphatic heterocycles. The third-order valence-electron chi connectivity index (χ3n) is 2.63. The maximum Gasteiger partial charge on any atom is 0.154 e. The van der Waals surface area contributed by atoms with Crippen LogP contribution in [0.15, 0.2) is 42.9 Å². The fourth-order valence-corrected chi connectivity index (χ4v) is 1.68. The van der Waals surface area contributed by atoms with Crippen molar-refractivity contribution in [1.29, 1.82) is 0 Å². The average molecular weight is 229 g/mol. The summed E-state index contributed by atoms with van der Waals surface area (Å²) in [5.74, 6) is 0.0470. The standard InChI is InChI=1S/C13H15N3O/c14-12(7-11-8-15-9-16-11)13(17)6-10-4-2-1-3-5-10/h1-5,8-9,12H,6-7,14H2,(H,15,16)/t12-/m1/s1. The summed E-state index contributed by atoms with van der Waals surface area (Å²) >= 11 is 0. The Balaban J connectivity index is 1.92. The molecule has 1 aromatic heterocycles. The Morgan fingerprint density at radius 1 is 1.35 bits per heavy atom. The second kappa shape index (κ2) is 5.41. The molecule has 0 amide bonds. The molecule has 0 fully saturated rings. The van der Waals surface area contributed by atoms with E-state index in [1.54, 1.807) is 12.5 Å². The van der Waals surface area contributed by atoms with E-state index in [-0.39, 0.29) is 5.78 Å². The Bertz CT molecular complexity index is 465. The van der Waals surface area contributed by atoms with E-state index in [1.807, 2.05) is 30.3 Å². The SMILES string of the molecule is N[C@H](Cc1cnc[nH]1)C(=O)Cc1ccccc1. The molecular formula is C13H15N3O. The van der Waals surface area contributed by atoms with Gasteiger partial charge in [0, 0.05) is 24.7 Å². The smallest absolute Gasteiger partial charge is 0.154 e. The zero-order chi connectivity index (χ0) is 12.1. The summed E-state index contributed by atoms with van der Waals surface area (Å²) in [6.45, 7) is 0. The second-order valence-electron chi connectivity index (χ2n) is 4.02. The lowest BCUT2D eigenvalue weighted by atomic mass is 10.0. The summed E-state index contributed by atoms with van der Waals surface area (Å²) in [5.41, 5.74) is 7.74. The van der Waals surface area contributed by atoms with Gasteiger partial charge in [0.1, 0.15) is 0 Å². The topological polar surface area (TPSA) is 71.8 Å². The molecule has 0 radical (unpaired) electrons. The number of aromatic nitrogens is 2. The van der Waals surface area contributed by atoms with Crippen LogP contribution in [-0.2, 0) is 17.6 Å². The first-order valence-corrected chi connectivity index (χ1v) is 5.55. The van der Waals surface area contributed by atoms with Gasteiger partial charge in [0.25, 0.3) is 0 Å². The third kappa shape index (κ3) is 3.26. The van der Waals surface area contributed by atoms with Crippen LogP contribution in [0.4, 0.5) is 0 Å². The molecule has 4 nitrogen and oxygen atoms in total. The van der Waals surface area contributed by atoms with Crippen LogP contribution in [0.5, 0.6) is 0 Å². The van der Waals surface area contributed by atoms with Crippen molar-refractivity contribution < 1.29 is 4.79 Å². The predicted molar refractivity (Wildman–Crippen MR) is 65.4 cm³/mol. The minimum atomic E-state index is -0.476. The zero-order valence-electron chi connectivity index (χ0n) is 9.47. The van der Waals surface area contributed by atoms with Gasteiger partial charge in [-0.15, -0.1) is 0 Å². The molecule has 88 valence electrons. The van der Waals surface area contributed by atoms with E-state index in [4.69, 9.17) is 5.73 Å². The van der Waals surface area contributed by atoms with Gasteiger partial charge < -0.3 is 10.7 Å². The number of imidazole rings is 1. The van der Waals surface area contributed by atoms with Crippen LogP contribution >= 0.6 is 0 Å². The Morgan fingerprint density at radius 2 is 2.12 bits per heavy atom. The van der Waals surface area contributed by atoms with Crippen LogP contribution in [0.1, 0.15) is 11.3 Å². The number of benzene rings is 1. The molecule has 1 heterocycles. The second-order valence-corrected chi connectivity index (χ2v) is 4.02. The number of nitrogens with one attached hydrogen (secondary N) is 1. The molecular weight excluding hydrogens is 214 g/mol. The number of nitrogens with zero attached hydrogens (tertiary/aromatic N) is 1. The minimum Gasteiger partial charge on any atom is -0.348 e. The number of carbonyl (C=O) groups excluding carboxylic acids is 1. The predicted octanol–water partition coefficient (Wildman–Crippen LogP) is 1.09. The van der Waals surface area contributed by atoms with E-state index in [0.29, 0.717) is 12.8 Å². The highest BCUT2D eigenvalue weighted by Crippen LogP contribution is 2.04. The van der Waals surface area contributed by atoms with E-state index in [9.17, 15) is 4.79 Å². The summed E-state index contributed by atoms with van der Waals surface area (Å²) in [7, 11) is 0. The number of aromatic amines is 1. The number of H-pyrrole nitrogens is 1. The molecule has 4 heteroatoms. The number of carbonyl (C=O) groups is 1. The third-order valence-corrected chi connectivity index (χ3v) is 2.63. The first kappa shape index (κ1) is 11.5. The van der Waals surface area contributed by atoms with Gasteiger partial charge in [0.05, 0.1) is 12.4 Å².